The second kappa shape index (κ2) is 8.34. The van der Waals surface area contributed by atoms with Crippen molar-refractivity contribution in [3.8, 4) is 0 Å². The molecule has 114 valence electrons. The summed E-state index contributed by atoms with van der Waals surface area (Å²) in [6.07, 6.45) is 6.91. The lowest BCUT2D eigenvalue weighted by molar-refractivity contribution is 0.520. The summed E-state index contributed by atoms with van der Waals surface area (Å²) >= 11 is 0. The van der Waals surface area contributed by atoms with Crippen LogP contribution < -0.4 is 10.5 Å². The molecular formula is C14H25N3O2S. The number of hydrogen-bond donors (Lipinski definition) is 2. The van der Waals surface area contributed by atoms with Crippen molar-refractivity contribution < 1.29 is 8.42 Å². The molecule has 1 atom stereocenters. The summed E-state index contributed by atoms with van der Waals surface area (Å²) in [4.78, 5) is 3.95. The Balaban J connectivity index is 2.55. The van der Waals surface area contributed by atoms with E-state index in [0.29, 0.717) is 6.54 Å². The van der Waals surface area contributed by atoms with E-state index in [0.717, 1.165) is 24.8 Å². The summed E-state index contributed by atoms with van der Waals surface area (Å²) in [6, 6.07) is 3.11. The van der Waals surface area contributed by atoms with E-state index < -0.39 is 10.0 Å². The summed E-state index contributed by atoms with van der Waals surface area (Å²) in [6.45, 7) is 4.40. The molecule has 1 aromatic heterocycles. The van der Waals surface area contributed by atoms with Crippen molar-refractivity contribution >= 4 is 10.0 Å². The maximum Gasteiger partial charge on any atom is 0.258 e. The van der Waals surface area contributed by atoms with Gasteiger partial charge in [-0.3, -0.25) is 0 Å². The van der Waals surface area contributed by atoms with Gasteiger partial charge in [-0.05, 0) is 25.0 Å². The van der Waals surface area contributed by atoms with E-state index in [1.807, 2.05) is 6.92 Å². The van der Waals surface area contributed by atoms with E-state index in [2.05, 4.69) is 16.6 Å². The monoisotopic (exact) mass is 299 g/mol. The maximum absolute atomic E-state index is 12.1. The minimum absolute atomic E-state index is 0.0510. The van der Waals surface area contributed by atoms with Gasteiger partial charge in [0.25, 0.3) is 10.0 Å². The average Bonchev–Trinajstić information content (AvgIpc) is 2.43. The van der Waals surface area contributed by atoms with Crippen molar-refractivity contribution in [3.05, 3.63) is 23.9 Å². The molecule has 6 heteroatoms. The highest BCUT2D eigenvalue weighted by Gasteiger charge is 2.18. The van der Waals surface area contributed by atoms with Crippen LogP contribution in [0.2, 0.25) is 0 Å². The van der Waals surface area contributed by atoms with Crippen LogP contribution in [0.15, 0.2) is 23.4 Å². The van der Waals surface area contributed by atoms with Gasteiger partial charge in [0.1, 0.15) is 0 Å². The molecule has 1 aromatic rings. The van der Waals surface area contributed by atoms with Crippen molar-refractivity contribution in [2.75, 3.05) is 0 Å². The molecule has 1 heterocycles. The first-order valence-corrected chi connectivity index (χ1v) is 8.65. The normalized spacial score (nSPS) is 13.3. The fourth-order valence-corrected chi connectivity index (χ4v) is 3.16. The van der Waals surface area contributed by atoms with Crippen molar-refractivity contribution in [2.24, 2.45) is 5.73 Å². The number of unbranched alkanes of at least 4 members (excludes halogenated alkanes) is 3. The Morgan fingerprint density at radius 3 is 2.60 bits per heavy atom. The molecule has 5 nitrogen and oxygen atoms in total. The second-order valence-corrected chi connectivity index (χ2v) is 6.74. The Bertz CT molecular complexity index is 486. The number of aromatic nitrogens is 1. The van der Waals surface area contributed by atoms with Crippen molar-refractivity contribution in [2.45, 2.75) is 63.6 Å². The molecule has 0 aliphatic carbocycles. The summed E-state index contributed by atoms with van der Waals surface area (Å²) in [7, 11) is -3.53. The first-order valence-electron chi connectivity index (χ1n) is 7.17. The molecule has 0 saturated carbocycles. The molecule has 1 unspecified atom stereocenters. The van der Waals surface area contributed by atoms with E-state index >= 15 is 0 Å². The third-order valence-corrected chi connectivity index (χ3v) is 4.66. The van der Waals surface area contributed by atoms with Gasteiger partial charge in [0, 0.05) is 18.8 Å². The molecule has 3 N–H and O–H groups in total. The third kappa shape index (κ3) is 5.56. The number of sulfonamides is 1. The van der Waals surface area contributed by atoms with Gasteiger partial charge in [-0.1, -0.05) is 38.7 Å². The molecule has 0 aliphatic heterocycles. The zero-order valence-electron chi connectivity index (χ0n) is 12.3. The van der Waals surface area contributed by atoms with Gasteiger partial charge >= 0.3 is 0 Å². The van der Waals surface area contributed by atoms with Crippen molar-refractivity contribution in [1.82, 2.24) is 9.71 Å². The molecular weight excluding hydrogens is 274 g/mol. The van der Waals surface area contributed by atoms with Crippen molar-refractivity contribution in [3.63, 3.8) is 0 Å². The Kier molecular flexibility index (Phi) is 7.12. The van der Waals surface area contributed by atoms with E-state index in [-0.39, 0.29) is 11.1 Å². The Labute approximate surface area is 122 Å². The topological polar surface area (TPSA) is 85.1 Å². The van der Waals surface area contributed by atoms with E-state index in [9.17, 15) is 8.42 Å². The molecule has 0 saturated heterocycles. The highest BCUT2D eigenvalue weighted by atomic mass is 32.2. The molecule has 0 aliphatic rings. The van der Waals surface area contributed by atoms with Crippen LogP contribution in [0.5, 0.6) is 0 Å². The van der Waals surface area contributed by atoms with Crippen LogP contribution >= 0.6 is 0 Å². The third-order valence-electron chi connectivity index (χ3n) is 3.16. The molecule has 20 heavy (non-hydrogen) atoms. The van der Waals surface area contributed by atoms with Crippen LogP contribution in [0, 0.1) is 0 Å². The van der Waals surface area contributed by atoms with Gasteiger partial charge in [0.2, 0.25) is 0 Å². The first kappa shape index (κ1) is 17.1. The maximum atomic E-state index is 12.1. The number of pyridine rings is 1. The predicted molar refractivity (Wildman–Crippen MR) is 80.7 cm³/mol. The molecule has 1 rings (SSSR count). The lowest BCUT2D eigenvalue weighted by Crippen LogP contribution is -2.33. The molecule has 0 spiro atoms. The van der Waals surface area contributed by atoms with Crippen LogP contribution in [0.3, 0.4) is 0 Å². The van der Waals surface area contributed by atoms with Crippen LogP contribution in [0.4, 0.5) is 0 Å². The lowest BCUT2D eigenvalue weighted by atomic mass is 10.1. The van der Waals surface area contributed by atoms with Gasteiger partial charge in [0.05, 0.1) is 0 Å². The van der Waals surface area contributed by atoms with E-state index in [1.54, 1.807) is 6.07 Å². The second-order valence-electron chi connectivity index (χ2n) is 5.08. The average molecular weight is 299 g/mol. The van der Waals surface area contributed by atoms with Gasteiger partial charge < -0.3 is 5.73 Å². The highest BCUT2D eigenvalue weighted by molar-refractivity contribution is 7.89. The summed E-state index contributed by atoms with van der Waals surface area (Å²) in [5.74, 6) is 0. The molecule has 0 bridgehead atoms. The first-order chi connectivity index (χ1) is 9.49. The standard InChI is InChI=1S/C14H25N3O2S/c1-3-4-5-6-7-12(2)17-20(18,19)14-9-8-13(10-15)11-16-14/h8-9,11-12,17H,3-7,10,15H2,1-2H3. The van der Waals surface area contributed by atoms with Gasteiger partial charge in [-0.15, -0.1) is 0 Å². The molecule has 0 radical (unpaired) electrons. The number of rotatable bonds is 9. The van der Waals surface area contributed by atoms with E-state index in [4.69, 9.17) is 5.73 Å². The summed E-state index contributed by atoms with van der Waals surface area (Å²) in [5.41, 5.74) is 6.28. The van der Waals surface area contributed by atoms with E-state index in [1.165, 1.54) is 25.1 Å². The number of nitrogens with two attached hydrogens (primary N) is 1. The molecule has 0 fully saturated rings. The Morgan fingerprint density at radius 1 is 1.30 bits per heavy atom. The SMILES string of the molecule is CCCCCCC(C)NS(=O)(=O)c1ccc(CN)cn1. The zero-order chi connectivity index (χ0) is 15.0. The summed E-state index contributed by atoms with van der Waals surface area (Å²) < 4.78 is 26.9. The minimum Gasteiger partial charge on any atom is -0.326 e. The quantitative estimate of drug-likeness (QED) is 0.684. The lowest BCUT2D eigenvalue weighted by Gasteiger charge is -2.13. The Morgan fingerprint density at radius 2 is 2.05 bits per heavy atom. The smallest absolute Gasteiger partial charge is 0.258 e. The zero-order valence-corrected chi connectivity index (χ0v) is 13.1. The van der Waals surface area contributed by atoms with Crippen LogP contribution in [-0.4, -0.2) is 19.4 Å². The van der Waals surface area contributed by atoms with Gasteiger partial charge in [0.15, 0.2) is 5.03 Å². The fraction of sp³-hybridized carbons (Fsp3) is 0.643. The van der Waals surface area contributed by atoms with Crippen molar-refractivity contribution in [1.29, 1.82) is 0 Å². The highest BCUT2D eigenvalue weighted by Crippen LogP contribution is 2.10. The number of nitrogens with one attached hydrogen (secondary N) is 1. The molecule has 0 amide bonds. The van der Waals surface area contributed by atoms with Crippen LogP contribution in [0.25, 0.3) is 0 Å². The largest absolute Gasteiger partial charge is 0.326 e. The van der Waals surface area contributed by atoms with Gasteiger partial charge in [-0.25, -0.2) is 18.1 Å². The van der Waals surface area contributed by atoms with Crippen LogP contribution in [0.1, 0.15) is 51.5 Å². The summed E-state index contributed by atoms with van der Waals surface area (Å²) in [5, 5.41) is 0.0510. The molecule has 0 aromatic carbocycles. The Hall–Kier alpha value is -0.980. The minimum atomic E-state index is -3.53. The fourth-order valence-electron chi connectivity index (χ4n) is 1.95. The number of hydrogen-bond acceptors (Lipinski definition) is 4. The van der Waals surface area contributed by atoms with Crippen LogP contribution in [-0.2, 0) is 16.6 Å². The predicted octanol–water partition coefficient (Wildman–Crippen LogP) is 2.18. The van der Waals surface area contributed by atoms with Gasteiger partial charge in [-0.2, -0.15) is 0 Å². The number of nitrogens with zero attached hydrogens (tertiary/aromatic N) is 1.